The molecule has 21 heavy (non-hydrogen) atoms. The van der Waals surface area contributed by atoms with Gasteiger partial charge in [-0.15, -0.1) is 0 Å². The van der Waals surface area contributed by atoms with E-state index in [1.807, 2.05) is 0 Å². The van der Waals surface area contributed by atoms with Crippen LogP contribution in [-0.2, 0) is 13.1 Å². The minimum absolute atomic E-state index is 0.140. The van der Waals surface area contributed by atoms with E-state index in [2.05, 4.69) is 89.0 Å². The van der Waals surface area contributed by atoms with Crippen molar-refractivity contribution in [3.05, 3.63) is 50.6 Å². The van der Waals surface area contributed by atoms with Crippen LogP contribution in [-0.4, -0.2) is 12.6 Å². The highest BCUT2D eigenvalue weighted by atomic mass is 79.9. The van der Waals surface area contributed by atoms with E-state index in [1.165, 1.54) is 16.8 Å². The molecule has 0 aliphatic heterocycles. The Kier molecular flexibility index (Phi) is 5.47. The van der Waals surface area contributed by atoms with Crippen molar-refractivity contribution in [2.24, 2.45) is 0 Å². The van der Waals surface area contributed by atoms with E-state index in [0.717, 1.165) is 17.6 Å². The quantitative estimate of drug-likeness (QED) is 0.797. The number of halogens is 1. The summed E-state index contributed by atoms with van der Waals surface area (Å²) in [6.45, 7) is 8.37. The van der Waals surface area contributed by atoms with Crippen LogP contribution >= 0.6 is 27.3 Å². The molecule has 0 spiro atoms. The lowest BCUT2D eigenvalue weighted by molar-refractivity contribution is 0.424. The number of benzene rings is 1. The van der Waals surface area contributed by atoms with Gasteiger partial charge in [-0.2, -0.15) is 11.3 Å². The number of hydrogen-bond donors (Lipinski definition) is 1. The van der Waals surface area contributed by atoms with Crippen LogP contribution < -0.4 is 10.2 Å². The summed E-state index contributed by atoms with van der Waals surface area (Å²) in [7, 11) is 2.13. The third kappa shape index (κ3) is 5.13. The van der Waals surface area contributed by atoms with Gasteiger partial charge in [0.05, 0.1) is 5.69 Å². The average molecular weight is 367 g/mol. The van der Waals surface area contributed by atoms with Crippen LogP contribution in [0.1, 0.15) is 31.9 Å². The van der Waals surface area contributed by atoms with Crippen LogP contribution in [0.2, 0.25) is 0 Å². The Balaban J connectivity index is 2.04. The molecule has 1 aromatic heterocycles. The van der Waals surface area contributed by atoms with E-state index in [-0.39, 0.29) is 5.54 Å². The summed E-state index contributed by atoms with van der Waals surface area (Å²) in [5.41, 5.74) is 4.01. The van der Waals surface area contributed by atoms with Crippen molar-refractivity contribution >= 4 is 33.0 Å². The molecule has 0 radical (unpaired) electrons. The maximum absolute atomic E-state index is 3.71. The lowest BCUT2D eigenvalue weighted by Gasteiger charge is -2.23. The molecule has 0 unspecified atom stereocenters. The largest absolute Gasteiger partial charge is 0.369 e. The normalized spacial score (nSPS) is 11.7. The molecule has 2 aromatic rings. The van der Waals surface area contributed by atoms with Gasteiger partial charge in [-0.05, 0) is 76.8 Å². The molecular formula is C17H23BrN2S. The van der Waals surface area contributed by atoms with Gasteiger partial charge in [0.2, 0.25) is 0 Å². The molecule has 114 valence electrons. The summed E-state index contributed by atoms with van der Waals surface area (Å²) < 4.78 is 1.15. The van der Waals surface area contributed by atoms with Gasteiger partial charge in [-0.25, -0.2) is 0 Å². The first-order chi connectivity index (χ1) is 9.85. The van der Waals surface area contributed by atoms with Gasteiger partial charge in [0.1, 0.15) is 0 Å². The molecular weight excluding hydrogens is 344 g/mol. The Morgan fingerprint density at radius 1 is 1.19 bits per heavy atom. The summed E-state index contributed by atoms with van der Waals surface area (Å²) >= 11 is 5.45. The first-order valence-electron chi connectivity index (χ1n) is 7.11. The lowest BCUT2D eigenvalue weighted by Crippen LogP contribution is -2.35. The minimum atomic E-state index is 0.140. The van der Waals surface area contributed by atoms with Gasteiger partial charge in [0.15, 0.2) is 0 Å². The fraction of sp³-hybridized carbons (Fsp3) is 0.412. The summed E-state index contributed by atoms with van der Waals surface area (Å²) in [6, 6.07) is 8.77. The zero-order valence-electron chi connectivity index (χ0n) is 13.1. The Morgan fingerprint density at radius 3 is 2.52 bits per heavy atom. The highest BCUT2D eigenvalue weighted by molar-refractivity contribution is 9.10. The molecule has 0 saturated carbocycles. The number of thiophene rings is 1. The van der Waals surface area contributed by atoms with Crippen LogP contribution in [0.4, 0.5) is 5.69 Å². The number of nitrogens with one attached hydrogen (secondary N) is 1. The molecule has 0 bridgehead atoms. The van der Waals surface area contributed by atoms with E-state index >= 15 is 0 Å². The Bertz CT molecular complexity index is 573. The van der Waals surface area contributed by atoms with Crippen molar-refractivity contribution in [1.82, 2.24) is 5.32 Å². The monoisotopic (exact) mass is 366 g/mol. The summed E-state index contributed by atoms with van der Waals surface area (Å²) in [6.07, 6.45) is 0. The second-order valence-corrected chi connectivity index (χ2v) is 8.01. The zero-order valence-corrected chi connectivity index (χ0v) is 15.5. The molecule has 0 amide bonds. The van der Waals surface area contributed by atoms with Crippen molar-refractivity contribution in [3.63, 3.8) is 0 Å². The van der Waals surface area contributed by atoms with Gasteiger partial charge >= 0.3 is 0 Å². The van der Waals surface area contributed by atoms with E-state index in [0.29, 0.717) is 0 Å². The highest BCUT2D eigenvalue weighted by Gasteiger charge is 2.11. The molecule has 0 saturated heterocycles. The molecule has 0 aliphatic rings. The van der Waals surface area contributed by atoms with Crippen LogP contribution in [0.3, 0.4) is 0 Å². The lowest BCUT2D eigenvalue weighted by atomic mass is 10.1. The molecule has 1 N–H and O–H groups in total. The van der Waals surface area contributed by atoms with Crippen LogP contribution in [0.15, 0.2) is 39.5 Å². The molecule has 0 atom stereocenters. The third-order valence-electron chi connectivity index (χ3n) is 3.25. The Hall–Kier alpha value is -0.840. The van der Waals surface area contributed by atoms with Crippen LogP contribution in [0.5, 0.6) is 0 Å². The van der Waals surface area contributed by atoms with Crippen LogP contribution in [0, 0.1) is 0 Å². The number of anilines is 1. The standard InChI is InChI=1S/C17H23BrN2S/c1-17(2,3)19-10-13-5-6-16(15(18)9-13)20(4)11-14-7-8-21-12-14/h5-9,12,19H,10-11H2,1-4H3. The van der Waals surface area contributed by atoms with Gasteiger partial charge in [0.25, 0.3) is 0 Å². The van der Waals surface area contributed by atoms with Gasteiger partial charge in [-0.3, -0.25) is 0 Å². The predicted molar refractivity (Wildman–Crippen MR) is 97.2 cm³/mol. The maximum atomic E-state index is 3.71. The van der Waals surface area contributed by atoms with Crippen molar-refractivity contribution in [2.75, 3.05) is 11.9 Å². The van der Waals surface area contributed by atoms with Crippen molar-refractivity contribution < 1.29 is 0 Å². The second kappa shape index (κ2) is 6.95. The van der Waals surface area contributed by atoms with Crippen molar-refractivity contribution in [1.29, 1.82) is 0 Å². The summed E-state index contributed by atoms with van der Waals surface area (Å²) in [5.74, 6) is 0. The maximum Gasteiger partial charge on any atom is 0.0511 e. The molecule has 4 heteroatoms. The number of hydrogen-bond acceptors (Lipinski definition) is 3. The number of nitrogens with zero attached hydrogens (tertiary/aromatic N) is 1. The van der Waals surface area contributed by atoms with E-state index in [4.69, 9.17) is 0 Å². The van der Waals surface area contributed by atoms with Gasteiger partial charge in [0, 0.05) is 30.1 Å². The second-order valence-electron chi connectivity index (χ2n) is 6.38. The van der Waals surface area contributed by atoms with E-state index < -0.39 is 0 Å². The van der Waals surface area contributed by atoms with Crippen molar-refractivity contribution in [3.8, 4) is 0 Å². The highest BCUT2D eigenvalue weighted by Crippen LogP contribution is 2.28. The Morgan fingerprint density at radius 2 is 1.95 bits per heavy atom. The molecule has 1 heterocycles. The fourth-order valence-electron chi connectivity index (χ4n) is 2.08. The summed E-state index contributed by atoms with van der Waals surface area (Å²) in [5, 5.41) is 7.84. The predicted octanol–water partition coefficient (Wildman–Crippen LogP) is 5.04. The molecule has 1 aromatic carbocycles. The fourth-order valence-corrected chi connectivity index (χ4v) is 3.47. The van der Waals surface area contributed by atoms with Gasteiger partial charge < -0.3 is 10.2 Å². The van der Waals surface area contributed by atoms with E-state index in [9.17, 15) is 0 Å². The average Bonchev–Trinajstić information content (AvgIpc) is 2.88. The third-order valence-corrected chi connectivity index (χ3v) is 4.61. The van der Waals surface area contributed by atoms with E-state index in [1.54, 1.807) is 11.3 Å². The van der Waals surface area contributed by atoms with Crippen LogP contribution in [0.25, 0.3) is 0 Å². The first-order valence-corrected chi connectivity index (χ1v) is 8.84. The molecule has 2 nitrogen and oxygen atoms in total. The SMILES string of the molecule is CN(Cc1ccsc1)c1ccc(CNC(C)(C)C)cc1Br. The molecule has 0 fully saturated rings. The first kappa shape index (κ1) is 16.5. The topological polar surface area (TPSA) is 15.3 Å². The minimum Gasteiger partial charge on any atom is -0.369 e. The molecule has 0 aliphatic carbocycles. The van der Waals surface area contributed by atoms with Crippen molar-refractivity contribution in [2.45, 2.75) is 39.4 Å². The number of rotatable bonds is 5. The zero-order chi connectivity index (χ0) is 15.5. The summed E-state index contributed by atoms with van der Waals surface area (Å²) in [4.78, 5) is 2.27. The van der Waals surface area contributed by atoms with Gasteiger partial charge in [-0.1, -0.05) is 6.07 Å². The molecule has 2 rings (SSSR count). The Labute approximate surface area is 140 Å². The smallest absolute Gasteiger partial charge is 0.0511 e.